The zero-order chi connectivity index (χ0) is 11.1. The molecule has 0 aliphatic heterocycles. The summed E-state index contributed by atoms with van der Waals surface area (Å²) in [5, 5.41) is 3.30. The van der Waals surface area contributed by atoms with Crippen LogP contribution in [0.4, 0.5) is 0 Å². The van der Waals surface area contributed by atoms with Crippen LogP contribution in [-0.2, 0) is 11.2 Å². The fraction of sp³-hybridized carbons (Fsp3) is 0.538. The molecule has 0 saturated heterocycles. The second kappa shape index (κ2) is 6.59. The zero-order valence-electron chi connectivity index (χ0n) is 9.92. The quantitative estimate of drug-likeness (QED) is 0.774. The Balaban J connectivity index is 2.80. The SMILES string of the molecule is CCOCC(NC)c1ccccc1CC. The van der Waals surface area contributed by atoms with Gasteiger partial charge in [0.15, 0.2) is 0 Å². The lowest BCUT2D eigenvalue weighted by Gasteiger charge is -2.19. The number of ether oxygens (including phenoxy) is 1. The van der Waals surface area contributed by atoms with Gasteiger partial charge in [0.25, 0.3) is 0 Å². The van der Waals surface area contributed by atoms with Crippen LogP contribution in [0.1, 0.15) is 31.0 Å². The maximum absolute atomic E-state index is 5.48. The molecule has 1 aromatic rings. The molecule has 1 unspecified atom stereocenters. The average Bonchev–Trinajstić information content (AvgIpc) is 2.30. The number of likely N-dealkylation sites (N-methyl/N-ethyl adjacent to an activating group) is 1. The Morgan fingerprint density at radius 1 is 1.27 bits per heavy atom. The molecule has 0 aliphatic carbocycles. The molecule has 0 aliphatic rings. The van der Waals surface area contributed by atoms with Crippen LogP contribution in [-0.4, -0.2) is 20.3 Å². The Bertz CT molecular complexity index is 286. The zero-order valence-corrected chi connectivity index (χ0v) is 9.92. The topological polar surface area (TPSA) is 21.3 Å². The van der Waals surface area contributed by atoms with E-state index in [4.69, 9.17) is 4.74 Å². The first-order valence-electron chi connectivity index (χ1n) is 5.66. The molecule has 1 aromatic carbocycles. The number of hydrogen-bond donors (Lipinski definition) is 1. The van der Waals surface area contributed by atoms with Gasteiger partial charge in [-0.1, -0.05) is 31.2 Å². The summed E-state index contributed by atoms with van der Waals surface area (Å²) in [5.74, 6) is 0. The largest absolute Gasteiger partial charge is 0.380 e. The molecule has 15 heavy (non-hydrogen) atoms. The van der Waals surface area contributed by atoms with E-state index in [0.29, 0.717) is 6.04 Å². The van der Waals surface area contributed by atoms with Crippen molar-refractivity contribution in [3.8, 4) is 0 Å². The molecular formula is C13H21NO. The van der Waals surface area contributed by atoms with Crippen molar-refractivity contribution in [1.82, 2.24) is 5.32 Å². The highest BCUT2D eigenvalue weighted by Gasteiger charge is 2.11. The molecule has 1 rings (SSSR count). The molecule has 1 atom stereocenters. The summed E-state index contributed by atoms with van der Waals surface area (Å²) in [4.78, 5) is 0. The summed E-state index contributed by atoms with van der Waals surface area (Å²) >= 11 is 0. The predicted octanol–water partition coefficient (Wildman–Crippen LogP) is 2.55. The molecule has 0 spiro atoms. The highest BCUT2D eigenvalue weighted by Crippen LogP contribution is 2.18. The minimum Gasteiger partial charge on any atom is -0.380 e. The lowest BCUT2D eigenvalue weighted by molar-refractivity contribution is 0.125. The van der Waals surface area contributed by atoms with Crippen molar-refractivity contribution in [2.24, 2.45) is 0 Å². The van der Waals surface area contributed by atoms with E-state index in [1.807, 2.05) is 14.0 Å². The Morgan fingerprint density at radius 2 is 2.00 bits per heavy atom. The first kappa shape index (κ1) is 12.2. The number of rotatable bonds is 6. The first-order chi connectivity index (χ1) is 7.33. The molecule has 1 N–H and O–H groups in total. The third-order valence-corrected chi connectivity index (χ3v) is 2.65. The van der Waals surface area contributed by atoms with Gasteiger partial charge in [0.05, 0.1) is 12.6 Å². The van der Waals surface area contributed by atoms with E-state index in [1.165, 1.54) is 11.1 Å². The van der Waals surface area contributed by atoms with Gasteiger partial charge in [-0.3, -0.25) is 0 Å². The van der Waals surface area contributed by atoms with Crippen molar-refractivity contribution >= 4 is 0 Å². The Kier molecular flexibility index (Phi) is 5.37. The average molecular weight is 207 g/mol. The van der Waals surface area contributed by atoms with Gasteiger partial charge in [-0.15, -0.1) is 0 Å². The maximum atomic E-state index is 5.48. The number of nitrogens with one attached hydrogen (secondary N) is 1. The van der Waals surface area contributed by atoms with Gasteiger partial charge in [-0.05, 0) is 31.5 Å². The predicted molar refractivity (Wildman–Crippen MR) is 64.1 cm³/mol. The van der Waals surface area contributed by atoms with Crippen molar-refractivity contribution in [3.63, 3.8) is 0 Å². The van der Waals surface area contributed by atoms with Crippen LogP contribution in [0.3, 0.4) is 0 Å². The molecule has 0 saturated carbocycles. The van der Waals surface area contributed by atoms with E-state index in [1.54, 1.807) is 0 Å². The van der Waals surface area contributed by atoms with Crippen molar-refractivity contribution in [2.75, 3.05) is 20.3 Å². The van der Waals surface area contributed by atoms with E-state index in [9.17, 15) is 0 Å². The van der Waals surface area contributed by atoms with Crippen molar-refractivity contribution < 1.29 is 4.74 Å². The van der Waals surface area contributed by atoms with Crippen LogP contribution >= 0.6 is 0 Å². The standard InChI is InChI=1S/C13H21NO/c1-4-11-8-6-7-9-12(11)13(14-3)10-15-5-2/h6-9,13-14H,4-5,10H2,1-3H3. The summed E-state index contributed by atoms with van der Waals surface area (Å²) in [6.07, 6.45) is 1.07. The van der Waals surface area contributed by atoms with E-state index in [0.717, 1.165) is 19.6 Å². The smallest absolute Gasteiger partial charge is 0.0661 e. The van der Waals surface area contributed by atoms with Crippen LogP contribution in [0.2, 0.25) is 0 Å². The molecule has 2 nitrogen and oxygen atoms in total. The van der Waals surface area contributed by atoms with Gasteiger partial charge in [0.2, 0.25) is 0 Å². The molecule has 0 bridgehead atoms. The van der Waals surface area contributed by atoms with Crippen LogP contribution < -0.4 is 5.32 Å². The summed E-state index contributed by atoms with van der Waals surface area (Å²) in [7, 11) is 1.98. The van der Waals surface area contributed by atoms with Gasteiger partial charge < -0.3 is 10.1 Å². The van der Waals surface area contributed by atoms with Gasteiger partial charge in [-0.25, -0.2) is 0 Å². The molecular weight excluding hydrogens is 186 g/mol. The van der Waals surface area contributed by atoms with Crippen LogP contribution in [0.5, 0.6) is 0 Å². The highest BCUT2D eigenvalue weighted by atomic mass is 16.5. The molecule has 0 amide bonds. The van der Waals surface area contributed by atoms with Gasteiger partial charge in [0.1, 0.15) is 0 Å². The summed E-state index contributed by atoms with van der Waals surface area (Å²) in [6, 6.07) is 8.85. The van der Waals surface area contributed by atoms with Crippen LogP contribution in [0.25, 0.3) is 0 Å². The molecule has 0 aromatic heterocycles. The van der Waals surface area contributed by atoms with Gasteiger partial charge in [-0.2, -0.15) is 0 Å². The van der Waals surface area contributed by atoms with E-state index in [-0.39, 0.29) is 0 Å². The van der Waals surface area contributed by atoms with Gasteiger partial charge in [0, 0.05) is 6.61 Å². The monoisotopic (exact) mass is 207 g/mol. The van der Waals surface area contributed by atoms with Crippen molar-refractivity contribution in [2.45, 2.75) is 26.3 Å². The Labute approximate surface area is 92.6 Å². The number of hydrogen-bond acceptors (Lipinski definition) is 2. The van der Waals surface area contributed by atoms with Crippen LogP contribution in [0, 0.1) is 0 Å². The number of benzene rings is 1. The fourth-order valence-corrected chi connectivity index (χ4v) is 1.76. The fourth-order valence-electron chi connectivity index (χ4n) is 1.76. The summed E-state index contributed by atoms with van der Waals surface area (Å²) in [5.41, 5.74) is 2.76. The summed E-state index contributed by atoms with van der Waals surface area (Å²) in [6.45, 7) is 5.72. The van der Waals surface area contributed by atoms with Crippen LogP contribution in [0.15, 0.2) is 24.3 Å². The third kappa shape index (κ3) is 3.33. The van der Waals surface area contributed by atoms with E-state index < -0.39 is 0 Å². The van der Waals surface area contributed by atoms with Gasteiger partial charge >= 0.3 is 0 Å². The molecule has 0 heterocycles. The second-order valence-corrected chi connectivity index (χ2v) is 3.55. The Hall–Kier alpha value is -0.860. The first-order valence-corrected chi connectivity index (χ1v) is 5.66. The Morgan fingerprint density at radius 3 is 2.60 bits per heavy atom. The van der Waals surface area contributed by atoms with E-state index >= 15 is 0 Å². The molecule has 84 valence electrons. The highest BCUT2D eigenvalue weighted by molar-refractivity contribution is 5.30. The van der Waals surface area contributed by atoms with Crippen molar-refractivity contribution in [1.29, 1.82) is 0 Å². The number of aryl methyl sites for hydroxylation is 1. The molecule has 2 heteroatoms. The maximum Gasteiger partial charge on any atom is 0.0661 e. The summed E-state index contributed by atoms with van der Waals surface area (Å²) < 4.78 is 5.48. The molecule has 0 radical (unpaired) electrons. The third-order valence-electron chi connectivity index (χ3n) is 2.65. The minimum atomic E-state index is 0.307. The second-order valence-electron chi connectivity index (χ2n) is 3.55. The lowest BCUT2D eigenvalue weighted by atomic mass is 9.99. The molecule has 0 fully saturated rings. The normalized spacial score (nSPS) is 12.7. The lowest BCUT2D eigenvalue weighted by Crippen LogP contribution is -2.23. The van der Waals surface area contributed by atoms with Crippen molar-refractivity contribution in [3.05, 3.63) is 35.4 Å². The van der Waals surface area contributed by atoms with E-state index in [2.05, 4.69) is 36.5 Å². The minimum absolute atomic E-state index is 0.307.